The van der Waals surface area contributed by atoms with Gasteiger partial charge in [0.15, 0.2) is 0 Å². The number of hydrogen-bond donors (Lipinski definition) is 0. The Labute approximate surface area is 139 Å². The molecule has 0 aliphatic heterocycles. The average Bonchev–Trinajstić information content (AvgIpc) is 2.83. The summed E-state index contributed by atoms with van der Waals surface area (Å²) in [4.78, 5) is 5.64. The van der Waals surface area contributed by atoms with Crippen LogP contribution in [0.5, 0.6) is 0 Å². The molecule has 0 atom stereocenters. The van der Waals surface area contributed by atoms with E-state index in [1.165, 1.54) is 23.5 Å². The van der Waals surface area contributed by atoms with Crippen molar-refractivity contribution in [3.8, 4) is 21.8 Å². The first kappa shape index (κ1) is 14.7. The third-order valence-electron chi connectivity index (χ3n) is 3.05. The maximum atomic E-state index is 14.0. The van der Waals surface area contributed by atoms with Crippen LogP contribution in [0.2, 0.25) is 5.02 Å². The summed E-state index contributed by atoms with van der Waals surface area (Å²) in [6.07, 6.45) is 0. The Morgan fingerprint density at radius 3 is 2.76 bits per heavy atom. The van der Waals surface area contributed by atoms with Gasteiger partial charge in [-0.15, -0.1) is 11.3 Å². The summed E-state index contributed by atoms with van der Waals surface area (Å²) in [5.74, 6) is -0.311. The van der Waals surface area contributed by atoms with Gasteiger partial charge in [-0.25, -0.2) is 9.37 Å². The highest BCUT2D eigenvalue weighted by atomic mass is 79.9. The topological polar surface area (TPSA) is 12.9 Å². The lowest BCUT2D eigenvalue weighted by Gasteiger charge is -2.00. The molecule has 0 saturated heterocycles. The van der Waals surface area contributed by atoms with E-state index in [2.05, 4.69) is 20.9 Å². The van der Waals surface area contributed by atoms with Gasteiger partial charge in [0.05, 0.1) is 5.69 Å². The second kappa shape index (κ2) is 5.87. The molecule has 1 nitrogen and oxygen atoms in total. The number of aryl methyl sites for hydroxylation is 1. The number of benzene rings is 2. The van der Waals surface area contributed by atoms with Crippen LogP contribution in [0.15, 0.2) is 46.9 Å². The first-order valence-corrected chi connectivity index (χ1v) is 8.22. The Morgan fingerprint density at radius 1 is 1.19 bits per heavy atom. The van der Waals surface area contributed by atoms with Gasteiger partial charge in [-0.3, -0.25) is 0 Å². The molecule has 0 N–H and O–H groups in total. The van der Waals surface area contributed by atoms with Crippen LogP contribution in [-0.2, 0) is 0 Å². The van der Waals surface area contributed by atoms with Crippen molar-refractivity contribution < 1.29 is 4.39 Å². The molecule has 0 bridgehead atoms. The zero-order chi connectivity index (χ0) is 15.0. The molecule has 0 aliphatic carbocycles. The van der Waals surface area contributed by atoms with Gasteiger partial charge in [-0.1, -0.05) is 39.7 Å². The molecule has 0 saturated carbocycles. The minimum atomic E-state index is -0.311. The molecule has 0 radical (unpaired) electrons. The molecular weight excluding hydrogens is 373 g/mol. The standard InChI is InChI=1S/C16H10BrClFNS/c1-9-15(10-3-2-4-11(17)7-10)20-16(21-9)13-8-12(18)5-6-14(13)19/h2-8H,1H3. The fourth-order valence-corrected chi connectivity index (χ4v) is 3.60. The first-order valence-electron chi connectivity index (χ1n) is 6.23. The van der Waals surface area contributed by atoms with Gasteiger partial charge >= 0.3 is 0 Å². The summed E-state index contributed by atoms with van der Waals surface area (Å²) in [5.41, 5.74) is 2.32. The van der Waals surface area contributed by atoms with Gasteiger partial charge in [0, 0.05) is 25.5 Å². The predicted molar refractivity (Wildman–Crippen MR) is 90.4 cm³/mol. The van der Waals surface area contributed by atoms with Crippen LogP contribution in [0, 0.1) is 12.7 Å². The number of nitrogens with zero attached hydrogens (tertiary/aromatic N) is 1. The Hall–Kier alpha value is -1.23. The van der Waals surface area contributed by atoms with Crippen molar-refractivity contribution in [2.75, 3.05) is 0 Å². The molecule has 0 unspecified atom stereocenters. The second-order valence-corrected chi connectivity index (χ2v) is 7.11. The summed E-state index contributed by atoms with van der Waals surface area (Å²) in [5, 5.41) is 1.14. The molecule has 0 amide bonds. The van der Waals surface area contributed by atoms with Crippen LogP contribution in [0.3, 0.4) is 0 Å². The lowest BCUT2D eigenvalue weighted by atomic mass is 10.1. The van der Waals surface area contributed by atoms with Crippen LogP contribution >= 0.6 is 38.9 Å². The third-order valence-corrected chi connectivity index (χ3v) is 4.79. The van der Waals surface area contributed by atoms with Crippen LogP contribution in [0.1, 0.15) is 4.88 Å². The van der Waals surface area contributed by atoms with E-state index in [0.717, 1.165) is 20.6 Å². The monoisotopic (exact) mass is 381 g/mol. The summed E-state index contributed by atoms with van der Waals surface area (Å²) in [7, 11) is 0. The van der Waals surface area contributed by atoms with E-state index >= 15 is 0 Å². The molecule has 0 aliphatic rings. The predicted octanol–water partition coefficient (Wildman–Crippen LogP) is 6.34. The minimum absolute atomic E-state index is 0.311. The maximum Gasteiger partial charge on any atom is 0.133 e. The third kappa shape index (κ3) is 3.03. The normalized spacial score (nSPS) is 10.9. The average molecular weight is 383 g/mol. The van der Waals surface area contributed by atoms with E-state index in [0.29, 0.717) is 15.6 Å². The molecule has 3 aromatic rings. The van der Waals surface area contributed by atoms with Crippen LogP contribution in [-0.4, -0.2) is 4.98 Å². The highest BCUT2D eigenvalue weighted by Gasteiger charge is 2.14. The van der Waals surface area contributed by atoms with Gasteiger partial charge < -0.3 is 0 Å². The number of hydrogen-bond acceptors (Lipinski definition) is 2. The molecule has 2 aromatic carbocycles. The van der Waals surface area contributed by atoms with Gasteiger partial charge in [-0.2, -0.15) is 0 Å². The molecule has 0 fully saturated rings. The zero-order valence-electron chi connectivity index (χ0n) is 11.0. The quantitative estimate of drug-likeness (QED) is 0.504. The van der Waals surface area contributed by atoms with Crippen molar-refractivity contribution in [3.63, 3.8) is 0 Å². The van der Waals surface area contributed by atoms with Crippen LogP contribution < -0.4 is 0 Å². The van der Waals surface area contributed by atoms with E-state index in [4.69, 9.17) is 11.6 Å². The van der Waals surface area contributed by atoms with E-state index in [1.54, 1.807) is 6.07 Å². The fourth-order valence-electron chi connectivity index (χ4n) is 2.08. The summed E-state index contributed by atoms with van der Waals surface area (Å²) in [6.45, 7) is 1.99. The first-order chi connectivity index (χ1) is 10.0. The van der Waals surface area contributed by atoms with Gasteiger partial charge in [0.25, 0.3) is 0 Å². The van der Waals surface area contributed by atoms with E-state index in [1.807, 2.05) is 31.2 Å². The van der Waals surface area contributed by atoms with Gasteiger partial charge in [0.2, 0.25) is 0 Å². The Balaban J connectivity index is 2.12. The summed E-state index contributed by atoms with van der Waals surface area (Å²) in [6, 6.07) is 12.4. The Bertz CT molecular complexity index is 816. The van der Waals surface area contributed by atoms with Crippen molar-refractivity contribution in [1.29, 1.82) is 0 Å². The smallest absolute Gasteiger partial charge is 0.133 e. The Kier molecular flexibility index (Phi) is 4.11. The highest BCUT2D eigenvalue weighted by molar-refractivity contribution is 9.10. The van der Waals surface area contributed by atoms with Crippen molar-refractivity contribution in [1.82, 2.24) is 4.98 Å². The Morgan fingerprint density at radius 2 is 2.00 bits per heavy atom. The fraction of sp³-hybridized carbons (Fsp3) is 0.0625. The zero-order valence-corrected chi connectivity index (χ0v) is 14.2. The van der Waals surface area contributed by atoms with Crippen molar-refractivity contribution >= 4 is 38.9 Å². The number of thiazole rings is 1. The van der Waals surface area contributed by atoms with E-state index in [-0.39, 0.29) is 5.82 Å². The van der Waals surface area contributed by atoms with Gasteiger partial charge in [-0.05, 0) is 37.3 Å². The molecule has 1 aromatic heterocycles. The molecule has 5 heteroatoms. The lowest BCUT2D eigenvalue weighted by Crippen LogP contribution is -1.85. The van der Waals surface area contributed by atoms with Crippen molar-refractivity contribution in [3.05, 3.63) is 62.7 Å². The minimum Gasteiger partial charge on any atom is -0.236 e. The maximum absolute atomic E-state index is 14.0. The molecule has 3 rings (SSSR count). The van der Waals surface area contributed by atoms with Crippen molar-refractivity contribution in [2.24, 2.45) is 0 Å². The SMILES string of the molecule is Cc1sc(-c2cc(Cl)ccc2F)nc1-c1cccc(Br)c1. The molecular formula is C16H10BrClFNS. The second-order valence-electron chi connectivity index (χ2n) is 4.56. The molecule has 0 spiro atoms. The van der Waals surface area contributed by atoms with Gasteiger partial charge in [0.1, 0.15) is 10.8 Å². The summed E-state index contributed by atoms with van der Waals surface area (Å²) >= 11 is 10.9. The van der Waals surface area contributed by atoms with Crippen molar-refractivity contribution in [2.45, 2.75) is 6.92 Å². The molecule has 106 valence electrons. The molecule has 1 heterocycles. The number of halogens is 3. The van der Waals surface area contributed by atoms with E-state index in [9.17, 15) is 4.39 Å². The van der Waals surface area contributed by atoms with E-state index < -0.39 is 0 Å². The molecule has 21 heavy (non-hydrogen) atoms. The highest BCUT2D eigenvalue weighted by Crippen LogP contribution is 2.35. The number of aromatic nitrogens is 1. The lowest BCUT2D eigenvalue weighted by molar-refractivity contribution is 0.631. The van der Waals surface area contributed by atoms with Crippen LogP contribution in [0.4, 0.5) is 4.39 Å². The largest absolute Gasteiger partial charge is 0.236 e. The number of rotatable bonds is 2. The van der Waals surface area contributed by atoms with Crippen LogP contribution in [0.25, 0.3) is 21.8 Å². The summed E-state index contributed by atoms with van der Waals surface area (Å²) < 4.78 is 15.0.